The first-order valence-corrected chi connectivity index (χ1v) is 12.1. The van der Waals surface area contributed by atoms with Crippen LogP contribution in [0.25, 0.3) is 11.4 Å². The van der Waals surface area contributed by atoms with Crippen molar-refractivity contribution in [3.8, 4) is 11.4 Å². The van der Waals surface area contributed by atoms with E-state index in [2.05, 4.69) is 15.2 Å². The number of aromatic nitrogens is 2. The average molecular weight is 508 g/mol. The molecule has 10 heteroatoms. The van der Waals surface area contributed by atoms with Gasteiger partial charge in [-0.3, -0.25) is 9.59 Å². The average Bonchev–Trinajstić information content (AvgIpc) is 3.02. The summed E-state index contributed by atoms with van der Waals surface area (Å²) in [5.74, 6) is -0.789. The molecule has 1 N–H and O–H groups in total. The molecule has 8 nitrogen and oxygen atoms in total. The summed E-state index contributed by atoms with van der Waals surface area (Å²) in [6.07, 6.45) is 0.823. The predicted octanol–water partition coefficient (Wildman–Crippen LogP) is 3.43. The molecule has 1 atom stereocenters. The maximum Gasteiger partial charge on any atom is 0.272 e. The summed E-state index contributed by atoms with van der Waals surface area (Å²) in [6, 6.07) is 3.51. The van der Waals surface area contributed by atoms with Gasteiger partial charge in [0.15, 0.2) is 5.69 Å². The smallest absolute Gasteiger partial charge is 0.272 e. The van der Waals surface area contributed by atoms with Crippen molar-refractivity contribution in [1.82, 2.24) is 24.7 Å². The summed E-state index contributed by atoms with van der Waals surface area (Å²) in [5, 5.41) is 3.30. The summed E-state index contributed by atoms with van der Waals surface area (Å²) >= 11 is 6.15. The van der Waals surface area contributed by atoms with E-state index in [1.54, 1.807) is 19.1 Å². The number of nitrogens with one attached hydrogen (secondary N) is 1. The Morgan fingerprint density at radius 3 is 2.69 bits per heavy atom. The normalized spacial score (nSPS) is 15.3. The molecule has 192 valence electrons. The van der Waals surface area contributed by atoms with Gasteiger partial charge in [0.05, 0.1) is 17.9 Å². The molecule has 1 aromatic carbocycles. The number of likely N-dealkylation sites (N-methyl/N-ethyl adjacent to an activating group) is 1. The fourth-order valence-electron chi connectivity index (χ4n) is 4.18. The largest absolute Gasteiger partial charge is 0.383 e. The highest BCUT2D eigenvalue weighted by molar-refractivity contribution is 6.30. The molecule has 1 aromatic heterocycles. The van der Waals surface area contributed by atoms with Crippen molar-refractivity contribution >= 4 is 23.4 Å². The van der Waals surface area contributed by atoms with Crippen LogP contribution in [0.3, 0.4) is 0 Å². The van der Waals surface area contributed by atoms with Crippen LogP contribution in [-0.2, 0) is 22.6 Å². The fraction of sp³-hybridized carbons (Fsp3) is 0.560. The molecule has 1 aliphatic heterocycles. The van der Waals surface area contributed by atoms with Crippen molar-refractivity contribution in [3.05, 3.63) is 40.4 Å². The highest BCUT2D eigenvalue weighted by Gasteiger charge is 2.36. The molecular weight excluding hydrogens is 473 g/mol. The van der Waals surface area contributed by atoms with Gasteiger partial charge in [0.25, 0.3) is 5.91 Å². The zero-order chi connectivity index (χ0) is 25.9. The number of hydrogen-bond donors (Lipinski definition) is 1. The van der Waals surface area contributed by atoms with E-state index in [1.807, 2.05) is 32.4 Å². The third kappa shape index (κ3) is 6.20. The van der Waals surface area contributed by atoms with Gasteiger partial charge in [-0.05, 0) is 43.6 Å². The molecular formula is C25H35ClFN5O3. The number of carbonyl (C=O) groups excluding carboxylic acids is 2. The summed E-state index contributed by atoms with van der Waals surface area (Å²) in [7, 11) is 5.23. The second-order valence-corrected chi connectivity index (χ2v) is 10.6. The van der Waals surface area contributed by atoms with E-state index in [0.717, 1.165) is 13.0 Å². The molecule has 35 heavy (non-hydrogen) atoms. The van der Waals surface area contributed by atoms with Crippen LogP contribution in [0.5, 0.6) is 0 Å². The third-order valence-electron chi connectivity index (χ3n) is 6.19. The van der Waals surface area contributed by atoms with Crippen LogP contribution >= 0.6 is 11.6 Å². The van der Waals surface area contributed by atoms with Crippen molar-refractivity contribution in [2.45, 2.75) is 46.3 Å². The topological polar surface area (TPSA) is 79.7 Å². The summed E-state index contributed by atoms with van der Waals surface area (Å²) in [4.78, 5) is 35.1. The van der Waals surface area contributed by atoms with Gasteiger partial charge >= 0.3 is 0 Å². The zero-order valence-corrected chi connectivity index (χ0v) is 22.1. The van der Waals surface area contributed by atoms with Gasteiger partial charge in [-0.25, -0.2) is 9.37 Å². The van der Waals surface area contributed by atoms with Crippen LogP contribution in [0, 0.1) is 11.2 Å². The second-order valence-electron chi connectivity index (χ2n) is 10.1. The number of amides is 2. The molecule has 0 spiro atoms. The molecule has 1 unspecified atom stereocenters. The Labute approximate surface area is 211 Å². The number of fused-ring (bicyclic) bond motifs is 1. The standard InChI is InChI=1S/C25H35ClFN5O3/c1-25(2,3)21(24(34)31(5)12-13-35-6)29-23(33)20-19-15-30(4)10-7-11-32(19)22(28-20)17-14-16(26)8-9-18(17)27/h8-9,14,21H,7,10-13,15H2,1-6H3,(H,29,33). The Kier molecular flexibility index (Phi) is 8.56. The van der Waals surface area contributed by atoms with Crippen LogP contribution in [0.15, 0.2) is 18.2 Å². The number of hydrogen-bond acceptors (Lipinski definition) is 5. The molecule has 0 fully saturated rings. The van der Waals surface area contributed by atoms with Gasteiger partial charge in [-0.2, -0.15) is 0 Å². The maximum atomic E-state index is 14.8. The van der Waals surface area contributed by atoms with Gasteiger partial charge in [-0.15, -0.1) is 0 Å². The number of nitrogens with zero attached hydrogens (tertiary/aromatic N) is 4. The third-order valence-corrected chi connectivity index (χ3v) is 6.43. The van der Waals surface area contributed by atoms with Gasteiger partial charge in [-0.1, -0.05) is 32.4 Å². The summed E-state index contributed by atoms with van der Waals surface area (Å²) in [5.41, 5.74) is 0.563. The monoisotopic (exact) mass is 507 g/mol. The molecule has 2 amide bonds. The van der Waals surface area contributed by atoms with Gasteiger partial charge < -0.3 is 24.4 Å². The van der Waals surface area contributed by atoms with Crippen molar-refractivity contribution in [2.24, 2.45) is 5.41 Å². The van der Waals surface area contributed by atoms with Crippen LogP contribution < -0.4 is 5.32 Å². The Morgan fingerprint density at radius 2 is 2.03 bits per heavy atom. The minimum Gasteiger partial charge on any atom is -0.383 e. The highest BCUT2D eigenvalue weighted by atomic mass is 35.5. The molecule has 1 aliphatic rings. The zero-order valence-electron chi connectivity index (χ0n) is 21.3. The molecule has 0 saturated carbocycles. The number of rotatable bonds is 7. The van der Waals surface area contributed by atoms with Crippen molar-refractivity contribution < 1.29 is 18.7 Å². The number of carbonyl (C=O) groups is 2. The Bertz CT molecular complexity index is 1080. The van der Waals surface area contributed by atoms with E-state index in [0.29, 0.717) is 42.8 Å². The summed E-state index contributed by atoms with van der Waals surface area (Å²) < 4.78 is 21.8. The van der Waals surface area contributed by atoms with Crippen molar-refractivity contribution in [2.75, 3.05) is 40.9 Å². The number of halogens is 2. The Hall–Kier alpha value is -2.49. The lowest BCUT2D eigenvalue weighted by molar-refractivity contribution is -0.135. The maximum absolute atomic E-state index is 14.8. The van der Waals surface area contributed by atoms with E-state index < -0.39 is 23.2 Å². The first kappa shape index (κ1) is 27.1. The van der Waals surface area contributed by atoms with Crippen LogP contribution in [0.1, 0.15) is 43.4 Å². The van der Waals surface area contributed by atoms with E-state index in [9.17, 15) is 14.0 Å². The van der Waals surface area contributed by atoms with Crippen molar-refractivity contribution in [3.63, 3.8) is 0 Å². The minimum atomic E-state index is -0.788. The van der Waals surface area contributed by atoms with E-state index in [1.165, 1.54) is 18.2 Å². The number of ether oxygens (including phenoxy) is 1. The summed E-state index contributed by atoms with van der Waals surface area (Å²) in [6.45, 7) is 8.37. The first-order valence-electron chi connectivity index (χ1n) is 11.7. The van der Waals surface area contributed by atoms with Crippen LogP contribution in [0.4, 0.5) is 4.39 Å². The number of benzene rings is 1. The molecule has 0 radical (unpaired) electrons. The van der Waals surface area contributed by atoms with Gasteiger partial charge in [0.1, 0.15) is 17.7 Å². The Balaban J connectivity index is 2.03. The highest BCUT2D eigenvalue weighted by Crippen LogP contribution is 2.30. The number of methoxy groups -OCH3 is 1. The van der Waals surface area contributed by atoms with Gasteiger partial charge in [0, 0.05) is 38.8 Å². The predicted molar refractivity (Wildman–Crippen MR) is 134 cm³/mol. The molecule has 0 saturated heterocycles. The van der Waals surface area contributed by atoms with Crippen LogP contribution in [0.2, 0.25) is 5.02 Å². The number of imidazole rings is 1. The molecule has 0 bridgehead atoms. The fourth-order valence-corrected chi connectivity index (χ4v) is 4.36. The molecule has 2 aromatic rings. The molecule has 0 aliphatic carbocycles. The van der Waals surface area contributed by atoms with Crippen molar-refractivity contribution in [1.29, 1.82) is 0 Å². The van der Waals surface area contributed by atoms with Crippen LogP contribution in [-0.4, -0.2) is 78.1 Å². The lowest BCUT2D eigenvalue weighted by Crippen LogP contribution is -2.54. The first-order chi connectivity index (χ1) is 16.4. The second kappa shape index (κ2) is 11.1. The van der Waals surface area contributed by atoms with E-state index in [4.69, 9.17) is 16.3 Å². The minimum absolute atomic E-state index is 0.190. The Morgan fingerprint density at radius 1 is 1.31 bits per heavy atom. The van der Waals surface area contributed by atoms with Gasteiger partial charge in [0.2, 0.25) is 5.91 Å². The lowest BCUT2D eigenvalue weighted by Gasteiger charge is -2.33. The SMILES string of the molecule is COCCN(C)C(=O)C(NC(=O)c1nc(-c2cc(Cl)ccc2F)n2c1CN(C)CCC2)C(C)(C)C. The lowest BCUT2D eigenvalue weighted by atomic mass is 9.85. The molecule has 3 rings (SSSR count). The quantitative estimate of drug-likeness (QED) is 0.621. The van der Waals surface area contributed by atoms with E-state index >= 15 is 0 Å². The molecule has 2 heterocycles. The van der Waals surface area contributed by atoms with E-state index in [-0.39, 0.29) is 17.2 Å².